The molecule has 0 atom stereocenters. The highest BCUT2D eigenvalue weighted by atomic mass is 35.5. The molecule has 0 saturated carbocycles. The van der Waals surface area contributed by atoms with Gasteiger partial charge in [0.2, 0.25) is 0 Å². The Bertz CT molecular complexity index is 396. The van der Waals surface area contributed by atoms with Crippen LogP contribution in [-0.4, -0.2) is 12.0 Å². The minimum absolute atomic E-state index is 0.400. The van der Waals surface area contributed by atoms with Gasteiger partial charge >= 0.3 is 6.18 Å². The van der Waals surface area contributed by atoms with Gasteiger partial charge in [-0.05, 0) is 23.8 Å². The van der Waals surface area contributed by atoms with Gasteiger partial charge in [-0.25, -0.2) is 0 Å². The molecule has 0 unspecified atom stereocenters. The zero-order valence-corrected chi connectivity index (χ0v) is 8.14. The summed E-state index contributed by atoms with van der Waals surface area (Å²) in [5.41, 5.74) is 0.445. The van der Waals surface area contributed by atoms with Crippen molar-refractivity contribution in [2.45, 2.75) is 6.18 Å². The molecule has 0 spiro atoms. The number of hydrogen-bond donors (Lipinski definition) is 0. The number of alkyl halides is 3. The minimum atomic E-state index is -4.82. The molecule has 80 valence electrons. The Morgan fingerprint density at radius 3 is 2.53 bits per heavy atom. The first-order valence-corrected chi connectivity index (χ1v) is 4.32. The largest absolute Gasteiger partial charge is 0.454 e. The van der Waals surface area contributed by atoms with Gasteiger partial charge in [-0.1, -0.05) is 29.8 Å². The molecule has 0 N–H and O–H groups in total. The third kappa shape index (κ3) is 3.75. The van der Waals surface area contributed by atoms with E-state index in [2.05, 4.69) is 0 Å². The quantitative estimate of drug-likeness (QED) is 0.716. The third-order valence-corrected chi connectivity index (χ3v) is 1.79. The number of halogens is 4. The summed E-state index contributed by atoms with van der Waals surface area (Å²) in [5, 5.41) is 0.400. The van der Waals surface area contributed by atoms with Crippen LogP contribution in [0.25, 0.3) is 6.08 Å². The maximum atomic E-state index is 11.8. The van der Waals surface area contributed by atoms with E-state index in [1.165, 1.54) is 6.07 Å². The summed E-state index contributed by atoms with van der Waals surface area (Å²) < 4.78 is 35.4. The number of allylic oxidation sites excluding steroid dienone is 1. The van der Waals surface area contributed by atoms with Crippen molar-refractivity contribution in [3.8, 4) is 0 Å². The highest BCUT2D eigenvalue weighted by molar-refractivity contribution is 6.30. The maximum Gasteiger partial charge on any atom is 0.454 e. The van der Waals surface area contributed by atoms with Crippen LogP contribution in [0.3, 0.4) is 0 Å². The summed E-state index contributed by atoms with van der Waals surface area (Å²) in [6.45, 7) is 0. The first kappa shape index (κ1) is 11.8. The lowest BCUT2D eigenvalue weighted by Crippen LogP contribution is -2.19. The van der Waals surface area contributed by atoms with Gasteiger partial charge in [0.1, 0.15) is 0 Å². The predicted molar refractivity (Wildman–Crippen MR) is 51.5 cm³/mol. The van der Waals surface area contributed by atoms with Crippen LogP contribution in [0.15, 0.2) is 30.3 Å². The number of carbonyl (C=O) groups excluding carboxylic acids is 1. The second-order valence-electron chi connectivity index (χ2n) is 2.75. The van der Waals surface area contributed by atoms with Gasteiger partial charge in [-0.2, -0.15) is 13.2 Å². The molecule has 0 aliphatic rings. The molecule has 0 aliphatic heterocycles. The lowest BCUT2D eigenvalue weighted by Gasteiger charge is -1.99. The summed E-state index contributed by atoms with van der Waals surface area (Å²) in [7, 11) is 0. The lowest BCUT2D eigenvalue weighted by atomic mass is 10.2. The van der Waals surface area contributed by atoms with E-state index in [1.54, 1.807) is 18.2 Å². The van der Waals surface area contributed by atoms with Crippen molar-refractivity contribution in [2.75, 3.05) is 0 Å². The van der Waals surface area contributed by atoms with Gasteiger partial charge in [0.15, 0.2) is 0 Å². The van der Waals surface area contributed by atoms with Gasteiger partial charge in [0, 0.05) is 5.02 Å². The SMILES string of the molecule is O=C(/C=C\c1cccc(Cl)c1)C(F)(F)F. The Morgan fingerprint density at radius 1 is 1.33 bits per heavy atom. The average Bonchev–Trinajstić information content (AvgIpc) is 2.12. The van der Waals surface area contributed by atoms with Gasteiger partial charge in [-0.3, -0.25) is 4.79 Å². The monoisotopic (exact) mass is 234 g/mol. The number of carbonyl (C=O) groups is 1. The summed E-state index contributed by atoms with van der Waals surface area (Å²) in [6.07, 6.45) is -3.28. The van der Waals surface area contributed by atoms with E-state index in [1.807, 2.05) is 0 Å². The molecular weight excluding hydrogens is 229 g/mol. The van der Waals surface area contributed by atoms with Crippen molar-refractivity contribution in [3.63, 3.8) is 0 Å². The molecule has 0 fully saturated rings. The molecule has 0 amide bonds. The molecule has 0 radical (unpaired) electrons. The maximum absolute atomic E-state index is 11.8. The van der Waals surface area contributed by atoms with E-state index < -0.39 is 12.0 Å². The number of ketones is 1. The summed E-state index contributed by atoms with van der Waals surface area (Å²) in [6, 6.07) is 6.18. The predicted octanol–water partition coefficient (Wildman–Crippen LogP) is 3.48. The Hall–Kier alpha value is -1.29. The minimum Gasteiger partial charge on any atom is -0.285 e. The first-order valence-electron chi connectivity index (χ1n) is 3.94. The first-order chi connectivity index (χ1) is 6.89. The topological polar surface area (TPSA) is 17.1 Å². The molecule has 5 heteroatoms. The van der Waals surface area contributed by atoms with Crippen LogP contribution in [0.5, 0.6) is 0 Å². The molecule has 0 aromatic heterocycles. The molecule has 15 heavy (non-hydrogen) atoms. The number of rotatable bonds is 2. The van der Waals surface area contributed by atoms with E-state index in [9.17, 15) is 18.0 Å². The van der Waals surface area contributed by atoms with Crippen LogP contribution in [0, 0.1) is 0 Å². The molecule has 1 rings (SSSR count). The number of hydrogen-bond acceptors (Lipinski definition) is 1. The molecule has 1 aromatic carbocycles. The standard InChI is InChI=1S/C10H6ClF3O/c11-8-3-1-2-7(6-8)4-5-9(15)10(12,13)14/h1-6H/b5-4-. The van der Waals surface area contributed by atoms with Crippen molar-refractivity contribution < 1.29 is 18.0 Å². The van der Waals surface area contributed by atoms with Gasteiger partial charge < -0.3 is 0 Å². The Kier molecular flexibility index (Phi) is 3.52. The summed E-state index contributed by atoms with van der Waals surface area (Å²) in [4.78, 5) is 10.5. The Balaban J connectivity index is 2.79. The average molecular weight is 235 g/mol. The number of benzene rings is 1. The van der Waals surface area contributed by atoms with Crippen molar-refractivity contribution in [3.05, 3.63) is 40.9 Å². The van der Waals surface area contributed by atoms with Crippen LogP contribution in [0.2, 0.25) is 5.02 Å². The Labute approximate surface area is 89.2 Å². The molecular formula is C10H6ClF3O. The van der Waals surface area contributed by atoms with Crippen molar-refractivity contribution >= 4 is 23.5 Å². The van der Waals surface area contributed by atoms with E-state index in [4.69, 9.17) is 11.6 Å². The molecule has 0 saturated heterocycles. The molecule has 1 aromatic rings. The van der Waals surface area contributed by atoms with E-state index >= 15 is 0 Å². The van der Waals surface area contributed by atoms with Crippen LogP contribution in [-0.2, 0) is 4.79 Å². The smallest absolute Gasteiger partial charge is 0.285 e. The Morgan fingerprint density at radius 2 is 2.00 bits per heavy atom. The van der Waals surface area contributed by atoms with Crippen molar-refractivity contribution in [2.24, 2.45) is 0 Å². The summed E-state index contributed by atoms with van der Waals surface area (Å²) in [5.74, 6) is -1.89. The lowest BCUT2D eigenvalue weighted by molar-refractivity contribution is -0.165. The fraction of sp³-hybridized carbons (Fsp3) is 0.100. The van der Waals surface area contributed by atoms with Gasteiger partial charge in [0.25, 0.3) is 5.78 Å². The van der Waals surface area contributed by atoms with Gasteiger partial charge in [-0.15, -0.1) is 0 Å². The van der Waals surface area contributed by atoms with Crippen LogP contribution >= 0.6 is 11.6 Å². The normalized spacial score (nSPS) is 12.0. The highest BCUT2D eigenvalue weighted by Crippen LogP contribution is 2.18. The molecule has 0 bridgehead atoms. The van der Waals surface area contributed by atoms with Crippen molar-refractivity contribution in [1.82, 2.24) is 0 Å². The van der Waals surface area contributed by atoms with Crippen LogP contribution < -0.4 is 0 Å². The fourth-order valence-electron chi connectivity index (χ4n) is 0.877. The zero-order valence-electron chi connectivity index (χ0n) is 7.38. The van der Waals surface area contributed by atoms with Crippen molar-refractivity contribution in [1.29, 1.82) is 0 Å². The van der Waals surface area contributed by atoms with Gasteiger partial charge in [0.05, 0.1) is 0 Å². The second-order valence-corrected chi connectivity index (χ2v) is 3.19. The summed E-state index contributed by atoms with van der Waals surface area (Å²) >= 11 is 5.61. The highest BCUT2D eigenvalue weighted by Gasteiger charge is 2.35. The van der Waals surface area contributed by atoms with E-state index in [-0.39, 0.29) is 0 Å². The van der Waals surface area contributed by atoms with E-state index in [0.717, 1.165) is 6.08 Å². The zero-order chi connectivity index (χ0) is 11.5. The molecule has 1 nitrogen and oxygen atoms in total. The van der Waals surface area contributed by atoms with E-state index in [0.29, 0.717) is 16.7 Å². The van der Waals surface area contributed by atoms with Crippen LogP contribution in [0.4, 0.5) is 13.2 Å². The third-order valence-electron chi connectivity index (χ3n) is 1.56. The fourth-order valence-corrected chi connectivity index (χ4v) is 1.08. The second kappa shape index (κ2) is 4.49. The molecule has 0 heterocycles. The van der Waals surface area contributed by atoms with Crippen LogP contribution in [0.1, 0.15) is 5.56 Å². The molecule has 0 aliphatic carbocycles.